The molecule has 0 aliphatic carbocycles. The van der Waals surface area contributed by atoms with Gasteiger partial charge in [0.05, 0.1) is 0 Å². The predicted octanol–water partition coefficient (Wildman–Crippen LogP) is 3.86. The quantitative estimate of drug-likeness (QED) is 0.679. The standard InChI is InChI=1S/C14H20O/c1-6-9-15-13-8-7-11(2)10-12(13)14(3,4)5/h6-8,10H,1,9H2,2-5H3. The molecule has 0 unspecified atom stereocenters. The first-order chi connectivity index (χ1) is 6.95. The Morgan fingerprint density at radius 1 is 1.33 bits per heavy atom. The Morgan fingerprint density at radius 2 is 2.00 bits per heavy atom. The summed E-state index contributed by atoms with van der Waals surface area (Å²) in [6.07, 6.45) is 1.77. The molecule has 0 heterocycles. The molecule has 1 heteroatoms. The van der Waals surface area contributed by atoms with E-state index >= 15 is 0 Å². The van der Waals surface area contributed by atoms with Gasteiger partial charge in [-0.2, -0.15) is 0 Å². The van der Waals surface area contributed by atoms with Crippen molar-refractivity contribution in [3.8, 4) is 5.75 Å². The van der Waals surface area contributed by atoms with Crippen molar-refractivity contribution in [1.82, 2.24) is 0 Å². The van der Waals surface area contributed by atoms with Gasteiger partial charge >= 0.3 is 0 Å². The van der Waals surface area contributed by atoms with Crippen LogP contribution in [0.5, 0.6) is 5.75 Å². The van der Waals surface area contributed by atoms with Crippen LogP contribution in [-0.2, 0) is 5.41 Å². The van der Waals surface area contributed by atoms with Crippen molar-refractivity contribution in [2.24, 2.45) is 0 Å². The molecule has 0 radical (unpaired) electrons. The van der Waals surface area contributed by atoms with Crippen LogP contribution in [0, 0.1) is 6.92 Å². The highest BCUT2D eigenvalue weighted by molar-refractivity contribution is 5.41. The Bertz CT molecular complexity index is 345. The third-order valence-corrected chi connectivity index (χ3v) is 2.30. The minimum absolute atomic E-state index is 0.114. The first kappa shape index (κ1) is 11.8. The first-order valence-corrected chi connectivity index (χ1v) is 5.30. The lowest BCUT2D eigenvalue weighted by Gasteiger charge is -2.23. The van der Waals surface area contributed by atoms with Crippen LogP contribution >= 0.6 is 0 Å². The summed E-state index contributed by atoms with van der Waals surface area (Å²) in [5, 5.41) is 0. The number of hydrogen-bond donors (Lipinski definition) is 0. The molecule has 1 rings (SSSR count). The molecule has 0 spiro atoms. The van der Waals surface area contributed by atoms with Crippen LogP contribution in [0.15, 0.2) is 30.9 Å². The molecule has 0 atom stereocenters. The van der Waals surface area contributed by atoms with Crippen molar-refractivity contribution in [3.63, 3.8) is 0 Å². The largest absolute Gasteiger partial charge is 0.489 e. The first-order valence-electron chi connectivity index (χ1n) is 5.30. The van der Waals surface area contributed by atoms with Crippen LogP contribution in [0.1, 0.15) is 31.9 Å². The lowest BCUT2D eigenvalue weighted by Crippen LogP contribution is -2.13. The Labute approximate surface area is 92.8 Å². The lowest BCUT2D eigenvalue weighted by molar-refractivity contribution is 0.351. The minimum Gasteiger partial charge on any atom is -0.489 e. The number of ether oxygens (including phenoxy) is 1. The summed E-state index contributed by atoms with van der Waals surface area (Å²) in [5.74, 6) is 0.966. The number of benzene rings is 1. The second-order valence-corrected chi connectivity index (χ2v) is 4.85. The number of rotatable bonds is 3. The molecule has 0 saturated carbocycles. The predicted molar refractivity (Wildman–Crippen MR) is 65.6 cm³/mol. The van der Waals surface area contributed by atoms with E-state index in [0.717, 1.165) is 5.75 Å². The smallest absolute Gasteiger partial charge is 0.123 e. The second-order valence-electron chi connectivity index (χ2n) is 4.85. The Balaban J connectivity index is 3.09. The van der Waals surface area contributed by atoms with E-state index in [0.29, 0.717) is 6.61 Å². The summed E-state index contributed by atoms with van der Waals surface area (Å²) >= 11 is 0. The molecular weight excluding hydrogens is 184 g/mol. The minimum atomic E-state index is 0.114. The second kappa shape index (κ2) is 4.52. The molecule has 0 bridgehead atoms. The van der Waals surface area contributed by atoms with Crippen molar-refractivity contribution >= 4 is 0 Å². The van der Waals surface area contributed by atoms with Gasteiger partial charge in [0.25, 0.3) is 0 Å². The van der Waals surface area contributed by atoms with Gasteiger partial charge in [-0.25, -0.2) is 0 Å². The number of hydrogen-bond acceptors (Lipinski definition) is 1. The monoisotopic (exact) mass is 204 g/mol. The van der Waals surface area contributed by atoms with Gasteiger partial charge in [-0.1, -0.05) is 51.1 Å². The molecule has 0 aromatic heterocycles. The van der Waals surface area contributed by atoms with Gasteiger partial charge in [0.1, 0.15) is 12.4 Å². The van der Waals surface area contributed by atoms with Gasteiger partial charge in [-0.3, -0.25) is 0 Å². The summed E-state index contributed by atoms with van der Waals surface area (Å²) < 4.78 is 5.65. The van der Waals surface area contributed by atoms with Gasteiger partial charge in [-0.15, -0.1) is 0 Å². The average Bonchev–Trinajstić information content (AvgIpc) is 2.14. The van der Waals surface area contributed by atoms with Crippen LogP contribution in [-0.4, -0.2) is 6.61 Å². The van der Waals surface area contributed by atoms with Gasteiger partial charge in [0.15, 0.2) is 0 Å². The van der Waals surface area contributed by atoms with E-state index in [2.05, 4.69) is 46.4 Å². The molecule has 0 fully saturated rings. The maximum atomic E-state index is 5.65. The van der Waals surface area contributed by atoms with Crippen LogP contribution in [0.2, 0.25) is 0 Å². The summed E-state index contributed by atoms with van der Waals surface area (Å²) in [7, 11) is 0. The maximum absolute atomic E-state index is 5.65. The zero-order valence-corrected chi connectivity index (χ0v) is 10.1. The molecule has 1 aromatic rings. The molecule has 0 N–H and O–H groups in total. The molecule has 82 valence electrons. The highest BCUT2D eigenvalue weighted by Gasteiger charge is 2.18. The molecule has 0 saturated heterocycles. The topological polar surface area (TPSA) is 9.23 Å². The fraction of sp³-hybridized carbons (Fsp3) is 0.429. The fourth-order valence-electron chi connectivity index (χ4n) is 1.50. The van der Waals surface area contributed by atoms with Crippen molar-refractivity contribution in [2.45, 2.75) is 33.1 Å². The molecular formula is C14H20O. The van der Waals surface area contributed by atoms with E-state index in [9.17, 15) is 0 Å². The summed E-state index contributed by atoms with van der Waals surface area (Å²) in [5.41, 5.74) is 2.64. The Morgan fingerprint density at radius 3 is 2.53 bits per heavy atom. The summed E-state index contributed by atoms with van der Waals surface area (Å²) in [6, 6.07) is 6.31. The third kappa shape index (κ3) is 3.12. The van der Waals surface area contributed by atoms with Crippen LogP contribution in [0.25, 0.3) is 0 Å². The van der Waals surface area contributed by atoms with Crippen LogP contribution in [0.3, 0.4) is 0 Å². The van der Waals surface area contributed by atoms with E-state index < -0.39 is 0 Å². The Kier molecular flexibility index (Phi) is 3.57. The molecule has 1 aromatic carbocycles. The lowest BCUT2D eigenvalue weighted by atomic mass is 9.85. The number of aryl methyl sites for hydroxylation is 1. The molecule has 0 amide bonds. The molecule has 15 heavy (non-hydrogen) atoms. The van der Waals surface area contributed by atoms with Crippen molar-refractivity contribution in [2.75, 3.05) is 6.61 Å². The normalized spacial score (nSPS) is 11.2. The SMILES string of the molecule is C=CCOc1ccc(C)cc1C(C)(C)C. The van der Waals surface area contributed by atoms with Crippen molar-refractivity contribution in [1.29, 1.82) is 0 Å². The van der Waals surface area contributed by atoms with E-state index in [4.69, 9.17) is 4.74 Å². The van der Waals surface area contributed by atoms with E-state index in [-0.39, 0.29) is 5.41 Å². The molecule has 0 aliphatic heterocycles. The van der Waals surface area contributed by atoms with E-state index in [1.165, 1.54) is 11.1 Å². The third-order valence-electron chi connectivity index (χ3n) is 2.30. The van der Waals surface area contributed by atoms with Crippen molar-refractivity contribution in [3.05, 3.63) is 42.0 Å². The van der Waals surface area contributed by atoms with Crippen LogP contribution < -0.4 is 4.74 Å². The van der Waals surface area contributed by atoms with Gasteiger partial charge in [0, 0.05) is 0 Å². The zero-order chi connectivity index (χ0) is 11.5. The van der Waals surface area contributed by atoms with Crippen molar-refractivity contribution < 1.29 is 4.74 Å². The van der Waals surface area contributed by atoms with Gasteiger partial charge in [-0.05, 0) is 24.0 Å². The highest BCUT2D eigenvalue weighted by atomic mass is 16.5. The molecule has 1 nitrogen and oxygen atoms in total. The van der Waals surface area contributed by atoms with Gasteiger partial charge < -0.3 is 4.74 Å². The zero-order valence-electron chi connectivity index (χ0n) is 10.1. The molecule has 0 aliphatic rings. The maximum Gasteiger partial charge on any atom is 0.123 e. The van der Waals surface area contributed by atoms with E-state index in [1.54, 1.807) is 6.08 Å². The average molecular weight is 204 g/mol. The highest BCUT2D eigenvalue weighted by Crippen LogP contribution is 2.32. The Hall–Kier alpha value is -1.24. The van der Waals surface area contributed by atoms with Gasteiger partial charge in [0.2, 0.25) is 0 Å². The summed E-state index contributed by atoms with van der Waals surface area (Å²) in [6.45, 7) is 12.9. The fourth-order valence-corrected chi connectivity index (χ4v) is 1.50. The summed E-state index contributed by atoms with van der Waals surface area (Å²) in [4.78, 5) is 0. The van der Waals surface area contributed by atoms with Crippen LogP contribution in [0.4, 0.5) is 0 Å². The van der Waals surface area contributed by atoms with E-state index in [1.807, 2.05) is 6.07 Å².